The normalized spacial score (nSPS) is 20.0. The second kappa shape index (κ2) is 14.2. The maximum atomic E-state index is 14.2. The van der Waals surface area contributed by atoms with Crippen molar-refractivity contribution in [2.24, 2.45) is 13.0 Å². The van der Waals surface area contributed by atoms with E-state index in [2.05, 4.69) is 15.4 Å². The molecular weight excluding hydrogens is 703 g/mol. The Hall–Kier alpha value is -4.58. The monoisotopic (exact) mass is 736 g/mol. The Morgan fingerprint density at radius 3 is 2.04 bits per heavy atom. The minimum Gasteiger partial charge on any atom is -0.469 e. The molecule has 2 aliphatic rings. The molecule has 0 spiro atoms. The van der Waals surface area contributed by atoms with Crippen molar-refractivity contribution in [3.8, 4) is 0 Å². The molecule has 1 amide bonds. The Balaban J connectivity index is 1.58. The number of anilines is 2. The van der Waals surface area contributed by atoms with Gasteiger partial charge in [-0.1, -0.05) is 11.2 Å². The van der Waals surface area contributed by atoms with Crippen LogP contribution in [0.15, 0.2) is 30.3 Å². The van der Waals surface area contributed by atoms with Crippen LogP contribution in [-0.2, 0) is 46.4 Å². The van der Waals surface area contributed by atoms with E-state index in [0.717, 1.165) is 15.8 Å². The number of esters is 1. The molecule has 278 valence electrons. The number of tetrazole rings is 1. The predicted octanol–water partition coefficient (Wildman–Crippen LogP) is 7.79. The first-order chi connectivity index (χ1) is 23.8. The molecule has 0 bridgehead atoms. The molecule has 3 aromatic rings. The van der Waals surface area contributed by atoms with Crippen LogP contribution in [0.2, 0.25) is 0 Å². The number of aryl methyl sites for hydroxylation is 2. The molecule has 0 radical (unpaired) electrons. The summed E-state index contributed by atoms with van der Waals surface area (Å²) < 4.78 is 136. The van der Waals surface area contributed by atoms with Crippen molar-refractivity contribution in [2.75, 3.05) is 23.5 Å². The summed E-state index contributed by atoms with van der Waals surface area (Å²) in [5, 5.41) is 11.8. The van der Waals surface area contributed by atoms with E-state index < -0.39 is 71.5 Å². The lowest BCUT2D eigenvalue weighted by atomic mass is 9.87. The molecule has 10 nitrogen and oxygen atoms in total. The topological polar surface area (TPSA) is 103 Å². The van der Waals surface area contributed by atoms with Crippen LogP contribution in [0, 0.1) is 12.8 Å². The van der Waals surface area contributed by atoms with Crippen molar-refractivity contribution < 1.29 is 58.6 Å². The number of nitrogens with zero attached hydrogens (tertiary/aromatic N) is 6. The van der Waals surface area contributed by atoms with Crippen LogP contribution in [-0.4, -0.2) is 52.0 Å². The van der Waals surface area contributed by atoms with Crippen molar-refractivity contribution >= 4 is 23.7 Å². The quantitative estimate of drug-likeness (QED) is 0.187. The summed E-state index contributed by atoms with van der Waals surface area (Å²) in [6, 6.07) is 2.00. The van der Waals surface area contributed by atoms with Gasteiger partial charge in [-0.3, -0.25) is 9.69 Å². The van der Waals surface area contributed by atoms with Gasteiger partial charge in [-0.15, -0.1) is 5.10 Å². The fourth-order valence-corrected chi connectivity index (χ4v) is 6.56. The maximum absolute atomic E-state index is 14.2. The smallest absolute Gasteiger partial charge is 0.416 e. The first kappa shape index (κ1) is 37.7. The highest BCUT2D eigenvalue weighted by Crippen LogP contribution is 2.45. The van der Waals surface area contributed by atoms with E-state index >= 15 is 0 Å². The second-order valence-electron chi connectivity index (χ2n) is 12.5. The van der Waals surface area contributed by atoms with Gasteiger partial charge in [-0.25, -0.2) is 4.79 Å². The third kappa shape index (κ3) is 8.49. The summed E-state index contributed by atoms with van der Waals surface area (Å²) in [6.45, 7) is 0.418. The first-order valence-electron chi connectivity index (χ1n) is 15.8. The molecular formula is C32H33F9N6O4. The Kier molecular flexibility index (Phi) is 10.5. The van der Waals surface area contributed by atoms with Gasteiger partial charge in [0.2, 0.25) is 0 Å². The van der Waals surface area contributed by atoms with E-state index in [1.165, 1.54) is 32.0 Å². The first-order valence-corrected chi connectivity index (χ1v) is 15.8. The Morgan fingerprint density at radius 2 is 1.51 bits per heavy atom. The highest BCUT2D eigenvalue weighted by molar-refractivity contribution is 5.89. The summed E-state index contributed by atoms with van der Waals surface area (Å²) in [5.41, 5.74) is -4.94. The van der Waals surface area contributed by atoms with E-state index in [1.807, 2.05) is 0 Å². The summed E-state index contributed by atoms with van der Waals surface area (Å²) in [4.78, 5) is 28.9. The molecule has 2 heterocycles. The zero-order valence-electron chi connectivity index (χ0n) is 27.5. The number of hydrogen-bond acceptors (Lipinski definition) is 8. The van der Waals surface area contributed by atoms with Gasteiger partial charge in [0.1, 0.15) is 6.10 Å². The van der Waals surface area contributed by atoms with Crippen LogP contribution in [0.1, 0.15) is 77.9 Å². The molecule has 1 saturated carbocycles. The lowest BCUT2D eigenvalue weighted by molar-refractivity contribution is -0.147. The highest BCUT2D eigenvalue weighted by Gasteiger charge is 2.41. The standard InChI is InChI=1S/C32H33F9N6O4/c1-17-11-23-25(47(28-42-44-45(2)43-28)16-18-12-20(30(33,34)35)14-21(13-18)31(36,37)38)5-4-10-46(26(23)15-24(17)32(39,40)41)29(49)51-22-8-6-19(7-9-22)27(48)50-3/h11-15,19,22,25H,4-10,16H2,1-3H3/t19?,22?,25-/m0/s1. The van der Waals surface area contributed by atoms with Gasteiger partial charge < -0.3 is 14.4 Å². The fourth-order valence-electron chi connectivity index (χ4n) is 6.56. The number of carbonyl (C=O) groups is 2. The highest BCUT2D eigenvalue weighted by atomic mass is 19.4. The number of rotatable bonds is 6. The average Bonchev–Trinajstić information content (AvgIpc) is 3.39. The van der Waals surface area contributed by atoms with Crippen LogP contribution in [0.5, 0.6) is 0 Å². The number of aromatic nitrogens is 4. The zero-order valence-corrected chi connectivity index (χ0v) is 27.5. The van der Waals surface area contributed by atoms with Crippen LogP contribution in [0.25, 0.3) is 0 Å². The molecule has 1 aliphatic heterocycles. The maximum Gasteiger partial charge on any atom is 0.416 e. The van der Waals surface area contributed by atoms with Crippen molar-refractivity contribution in [3.05, 3.63) is 63.7 Å². The van der Waals surface area contributed by atoms with E-state index in [-0.39, 0.29) is 54.1 Å². The summed E-state index contributed by atoms with van der Waals surface area (Å²) in [5.74, 6) is -1.01. The lowest BCUT2D eigenvalue weighted by Crippen LogP contribution is -2.37. The number of fused-ring (bicyclic) bond motifs is 1. The van der Waals surface area contributed by atoms with E-state index in [1.54, 1.807) is 0 Å². The van der Waals surface area contributed by atoms with E-state index in [9.17, 15) is 49.1 Å². The molecule has 2 aromatic carbocycles. The van der Waals surface area contributed by atoms with Crippen LogP contribution in [0.4, 0.5) is 55.9 Å². The van der Waals surface area contributed by atoms with Crippen molar-refractivity contribution in [1.82, 2.24) is 20.2 Å². The molecule has 0 saturated heterocycles. The number of alkyl halides is 9. The van der Waals surface area contributed by atoms with Crippen LogP contribution in [0.3, 0.4) is 0 Å². The lowest BCUT2D eigenvalue weighted by Gasteiger charge is -2.33. The van der Waals surface area contributed by atoms with Gasteiger partial charge in [-0.2, -0.15) is 44.3 Å². The average molecular weight is 737 g/mol. The second-order valence-corrected chi connectivity index (χ2v) is 12.5. The Morgan fingerprint density at radius 1 is 0.882 bits per heavy atom. The van der Waals surface area contributed by atoms with Crippen LogP contribution < -0.4 is 9.80 Å². The SMILES string of the molecule is COC(=O)C1CCC(OC(=O)N2CCC[C@H](N(Cc3cc(C(F)(F)F)cc(C(F)(F)F)c3)c3nnn(C)n3)c3cc(C)c(C(F)(F)F)cc32)CC1. The third-order valence-electron chi connectivity index (χ3n) is 9.02. The molecule has 1 fully saturated rings. The number of halogens is 9. The third-order valence-corrected chi connectivity index (χ3v) is 9.02. The zero-order chi connectivity index (χ0) is 37.5. The molecule has 0 N–H and O–H groups in total. The Bertz CT molecular complexity index is 1720. The molecule has 1 aliphatic carbocycles. The number of amides is 1. The van der Waals surface area contributed by atoms with Gasteiger partial charge in [0.25, 0.3) is 5.95 Å². The van der Waals surface area contributed by atoms with Crippen LogP contribution >= 0.6 is 0 Å². The molecule has 1 atom stereocenters. The Labute approximate surface area is 285 Å². The molecule has 19 heteroatoms. The van der Waals surface area contributed by atoms with Gasteiger partial charge in [0.05, 0.1) is 48.5 Å². The van der Waals surface area contributed by atoms with Crippen molar-refractivity contribution in [2.45, 2.75) is 82.7 Å². The predicted molar refractivity (Wildman–Crippen MR) is 161 cm³/mol. The number of benzene rings is 2. The van der Waals surface area contributed by atoms with Gasteiger partial charge >= 0.3 is 30.6 Å². The molecule has 51 heavy (non-hydrogen) atoms. The fraction of sp³-hybridized carbons (Fsp3) is 0.531. The molecule has 1 aromatic heterocycles. The summed E-state index contributed by atoms with van der Waals surface area (Å²) in [7, 11) is 2.63. The molecule has 5 rings (SSSR count). The van der Waals surface area contributed by atoms with Gasteiger partial charge in [0, 0.05) is 13.1 Å². The number of hydrogen-bond donors (Lipinski definition) is 0. The van der Waals surface area contributed by atoms with E-state index in [4.69, 9.17) is 9.47 Å². The van der Waals surface area contributed by atoms with Gasteiger partial charge in [-0.05, 0) is 91.6 Å². The summed E-state index contributed by atoms with van der Waals surface area (Å²) >= 11 is 0. The number of methoxy groups -OCH3 is 1. The number of carbonyl (C=O) groups excluding carboxylic acids is 2. The largest absolute Gasteiger partial charge is 0.469 e. The van der Waals surface area contributed by atoms with Gasteiger partial charge in [0.15, 0.2) is 0 Å². The minimum absolute atomic E-state index is 0.0111. The van der Waals surface area contributed by atoms with Crippen molar-refractivity contribution in [1.29, 1.82) is 0 Å². The summed E-state index contributed by atoms with van der Waals surface area (Å²) in [6.07, 6.45) is -15.2. The number of ether oxygens (including phenoxy) is 2. The van der Waals surface area contributed by atoms with Crippen molar-refractivity contribution in [3.63, 3.8) is 0 Å². The van der Waals surface area contributed by atoms with E-state index in [0.29, 0.717) is 37.8 Å². The molecule has 0 unspecified atom stereocenters. The minimum atomic E-state index is -5.13.